The molecule has 3 nitrogen and oxygen atoms in total. The summed E-state index contributed by atoms with van der Waals surface area (Å²) in [5.74, 6) is 1.66. The van der Waals surface area contributed by atoms with Crippen molar-refractivity contribution < 1.29 is 0 Å². The predicted molar refractivity (Wildman–Crippen MR) is 111 cm³/mol. The van der Waals surface area contributed by atoms with E-state index in [0.717, 1.165) is 33.6 Å². The smallest absolute Gasteiger partial charge is 0.162 e. The number of para-hydroxylation sites is 1. The zero-order valence-corrected chi connectivity index (χ0v) is 15.3. The molecule has 0 saturated heterocycles. The summed E-state index contributed by atoms with van der Waals surface area (Å²) in [4.78, 5) is 9.79. The standard InChI is InChI=1S/C24H19N3/c1-16-10-12-18(13-11-16)23-25-21-8-4-3-7-20(21)24(26-23)27-15-14-19-17(2)6-5-9-22(19)27/h3-15H,1-2H3. The average Bonchev–Trinajstić information content (AvgIpc) is 3.13. The van der Waals surface area contributed by atoms with Crippen LogP contribution < -0.4 is 0 Å². The molecule has 0 atom stereocenters. The van der Waals surface area contributed by atoms with E-state index in [4.69, 9.17) is 9.97 Å². The molecular formula is C24H19N3. The Bertz CT molecular complexity index is 1280. The molecule has 0 aliphatic carbocycles. The van der Waals surface area contributed by atoms with Gasteiger partial charge in [-0.3, -0.25) is 0 Å². The number of hydrogen-bond donors (Lipinski definition) is 0. The van der Waals surface area contributed by atoms with Crippen LogP contribution in [0.15, 0.2) is 79.0 Å². The van der Waals surface area contributed by atoms with Crippen molar-refractivity contribution in [2.75, 3.05) is 0 Å². The average molecular weight is 349 g/mol. The lowest BCUT2D eigenvalue weighted by Crippen LogP contribution is -2.01. The Hall–Kier alpha value is -3.46. The zero-order valence-electron chi connectivity index (χ0n) is 15.3. The van der Waals surface area contributed by atoms with Crippen LogP contribution in [0.3, 0.4) is 0 Å². The topological polar surface area (TPSA) is 30.7 Å². The fourth-order valence-electron chi connectivity index (χ4n) is 3.58. The number of rotatable bonds is 2. The van der Waals surface area contributed by atoms with Crippen LogP contribution in [0.1, 0.15) is 11.1 Å². The summed E-state index contributed by atoms with van der Waals surface area (Å²) in [6.07, 6.45) is 2.10. The van der Waals surface area contributed by atoms with Crippen molar-refractivity contribution in [1.29, 1.82) is 0 Å². The second kappa shape index (κ2) is 6.06. The van der Waals surface area contributed by atoms with Gasteiger partial charge in [-0.2, -0.15) is 0 Å². The van der Waals surface area contributed by atoms with Crippen LogP contribution in [0.4, 0.5) is 0 Å². The lowest BCUT2D eigenvalue weighted by atomic mass is 10.1. The van der Waals surface area contributed by atoms with E-state index in [2.05, 4.69) is 85.3 Å². The van der Waals surface area contributed by atoms with Crippen LogP contribution in [0.25, 0.3) is 39.0 Å². The molecule has 0 amide bonds. The molecule has 0 aliphatic rings. The third kappa shape index (κ3) is 2.59. The molecular weight excluding hydrogens is 330 g/mol. The summed E-state index contributed by atoms with van der Waals surface area (Å²) in [6, 6.07) is 25.1. The molecule has 0 saturated carbocycles. The fourth-order valence-corrected chi connectivity index (χ4v) is 3.58. The molecule has 0 radical (unpaired) electrons. The lowest BCUT2D eigenvalue weighted by Gasteiger charge is -2.11. The van der Waals surface area contributed by atoms with E-state index in [0.29, 0.717) is 0 Å². The minimum absolute atomic E-state index is 0.748. The summed E-state index contributed by atoms with van der Waals surface area (Å²) in [7, 11) is 0. The Morgan fingerprint density at radius 1 is 0.704 bits per heavy atom. The van der Waals surface area contributed by atoms with Crippen LogP contribution in [0.2, 0.25) is 0 Å². The maximum absolute atomic E-state index is 4.97. The minimum Gasteiger partial charge on any atom is -0.301 e. The Labute approximate surface area is 157 Å². The first kappa shape index (κ1) is 15.8. The van der Waals surface area contributed by atoms with Gasteiger partial charge in [0.2, 0.25) is 0 Å². The van der Waals surface area contributed by atoms with Crippen molar-refractivity contribution in [3.63, 3.8) is 0 Å². The quantitative estimate of drug-likeness (QED) is 0.400. The Balaban J connectivity index is 1.82. The summed E-state index contributed by atoms with van der Waals surface area (Å²) in [5.41, 5.74) is 5.64. The number of aromatic nitrogens is 3. The van der Waals surface area contributed by atoms with E-state index >= 15 is 0 Å². The number of fused-ring (bicyclic) bond motifs is 2. The van der Waals surface area contributed by atoms with Gasteiger partial charge in [0.1, 0.15) is 5.82 Å². The Kier molecular flexibility index (Phi) is 3.54. The molecule has 0 aliphatic heterocycles. The molecule has 5 rings (SSSR count). The molecule has 2 aromatic heterocycles. The molecule has 0 spiro atoms. The highest BCUT2D eigenvalue weighted by atomic mass is 15.1. The molecule has 0 bridgehead atoms. The van der Waals surface area contributed by atoms with Gasteiger partial charge < -0.3 is 4.57 Å². The van der Waals surface area contributed by atoms with Crippen LogP contribution in [-0.2, 0) is 0 Å². The number of benzene rings is 3. The van der Waals surface area contributed by atoms with Crippen molar-refractivity contribution in [2.24, 2.45) is 0 Å². The van der Waals surface area contributed by atoms with Crippen molar-refractivity contribution in [1.82, 2.24) is 14.5 Å². The zero-order chi connectivity index (χ0) is 18.4. The molecule has 3 heteroatoms. The van der Waals surface area contributed by atoms with Crippen LogP contribution in [0.5, 0.6) is 0 Å². The first-order valence-corrected chi connectivity index (χ1v) is 9.11. The van der Waals surface area contributed by atoms with Gasteiger partial charge in [-0.15, -0.1) is 0 Å². The third-order valence-electron chi connectivity index (χ3n) is 5.07. The van der Waals surface area contributed by atoms with Crippen molar-refractivity contribution in [3.05, 3.63) is 90.1 Å². The van der Waals surface area contributed by atoms with Gasteiger partial charge in [0.25, 0.3) is 0 Å². The van der Waals surface area contributed by atoms with E-state index in [1.165, 1.54) is 16.5 Å². The van der Waals surface area contributed by atoms with E-state index in [-0.39, 0.29) is 0 Å². The van der Waals surface area contributed by atoms with E-state index in [9.17, 15) is 0 Å². The van der Waals surface area contributed by atoms with Gasteiger partial charge >= 0.3 is 0 Å². The van der Waals surface area contributed by atoms with Crippen LogP contribution in [-0.4, -0.2) is 14.5 Å². The van der Waals surface area contributed by atoms with Crippen LogP contribution >= 0.6 is 0 Å². The highest BCUT2D eigenvalue weighted by Gasteiger charge is 2.13. The van der Waals surface area contributed by atoms with Gasteiger partial charge in [0.15, 0.2) is 5.82 Å². The second-order valence-electron chi connectivity index (χ2n) is 6.95. The Morgan fingerprint density at radius 2 is 1.52 bits per heavy atom. The van der Waals surface area contributed by atoms with Gasteiger partial charge in [0.05, 0.1) is 11.0 Å². The van der Waals surface area contributed by atoms with Crippen LogP contribution in [0, 0.1) is 13.8 Å². The van der Waals surface area contributed by atoms with E-state index in [1.54, 1.807) is 0 Å². The summed E-state index contributed by atoms with van der Waals surface area (Å²) in [5, 5.41) is 2.30. The van der Waals surface area contributed by atoms with Crippen molar-refractivity contribution in [2.45, 2.75) is 13.8 Å². The molecule has 0 unspecified atom stereocenters. The predicted octanol–water partition coefficient (Wildman–Crippen LogP) is 5.86. The van der Waals surface area contributed by atoms with Crippen molar-refractivity contribution >= 4 is 21.8 Å². The fraction of sp³-hybridized carbons (Fsp3) is 0.0833. The van der Waals surface area contributed by atoms with Gasteiger partial charge in [0, 0.05) is 22.5 Å². The lowest BCUT2D eigenvalue weighted by molar-refractivity contribution is 1.04. The molecule has 0 N–H and O–H groups in total. The first-order chi connectivity index (χ1) is 13.2. The summed E-state index contributed by atoms with van der Waals surface area (Å²) >= 11 is 0. The molecule has 27 heavy (non-hydrogen) atoms. The Morgan fingerprint density at radius 3 is 2.37 bits per heavy atom. The highest BCUT2D eigenvalue weighted by molar-refractivity contribution is 5.91. The third-order valence-corrected chi connectivity index (χ3v) is 5.07. The van der Waals surface area contributed by atoms with Gasteiger partial charge in [-0.25, -0.2) is 9.97 Å². The SMILES string of the molecule is Cc1ccc(-c2nc(-n3ccc4c(C)cccc43)c3ccccc3n2)cc1. The number of nitrogens with zero attached hydrogens (tertiary/aromatic N) is 3. The van der Waals surface area contributed by atoms with E-state index in [1.807, 2.05) is 12.1 Å². The maximum Gasteiger partial charge on any atom is 0.162 e. The first-order valence-electron chi connectivity index (χ1n) is 9.11. The largest absolute Gasteiger partial charge is 0.301 e. The maximum atomic E-state index is 4.97. The minimum atomic E-state index is 0.748. The van der Waals surface area contributed by atoms with E-state index < -0.39 is 0 Å². The molecule has 3 aromatic carbocycles. The second-order valence-corrected chi connectivity index (χ2v) is 6.95. The molecule has 2 heterocycles. The van der Waals surface area contributed by atoms with Gasteiger partial charge in [-0.1, -0.05) is 54.1 Å². The molecule has 0 fully saturated rings. The number of aryl methyl sites for hydroxylation is 2. The molecule has 5 aromatic rings. The van der Waals surface area contributed by atoms with Crippen molar-refractivity contribution in [3.8, 4) is 17.2 Å². The monoisotopic (exact) mass is 349 g/mol. The van der Waals surface area contributed by atoms with Gasteiger partial charge in [-0.05, 0) is 43.7 Å². The number of hydrogen-bond acceptors (Lipinski definition) is 2. The highest BCUT2D eigenvalue weighted by Crippen LogP contribution is 2.28. The molecule has 130 valence electrons. The normalized spacial score (nSPS) is 11.3. The summed E-state index contributed by atoms with van der Waals surface area (Å²) < 4.78 is 2.17. The summed E-state index contributed by atoms with van der Waals surface area (Å²) in [6.45, 7) is 4.23.